The van der Waals surface area contributed by atoms with Crippen molar-refractivity contribution in [1.29, 1.82) is 0 Å². The third-order valence-corrected chi connectivity index (χ3v) is 3.88. The maximum Gasteiger partial charge on any atom is 0.311 e. The molecule has 1 amide bonds. The fourth-order valence-corrected chi connectivity index (χ4v) is 2.52. The highest BCUT2D eigenvalue weighted by atomic mass is 16.6. The molecule has 0 unspecified atom stereocenters. The first-order valence-corrected chi connectivity index (χ1v) is 8.28. The lowest BCUT2D eigenvalue weighted by Gasteiger charge is -2.11. The SMILES string of the molecule is COc1cc(OC)c([N+](=O)[O-])cc1/C=N\NC(=O)COc1c(C)cccc1C. The lowest BCUT2D eigenvalue weighted by atomic mass is 10.1. The summed E-state index contributed by atoms with van der Waals surface area (Å²) in [6.45, 7) is 3.56. The highest BCUT2D eigenvalue weighted by Crippen LogP contribution is 2.33. The van der Waals surface area contributed by atoms with Crippen LogP contribution in [0.4, 0.5) is 5.69 Å². The normalized spacial score (nSPS) is 10.6. The fraction of sp³-hybridized carbons (Fsp3) is 0.263. The van der Waals surface area contributed by atoms with Crippen molar-refractivity contribution < 1.29 is 23.9 Å². The standard InChI is InChI=1S/C19H21N3O6/c1-12-6-5-7-13(2)19(12)28-11-18(23)21-20-10-14-8-15(22(24)25)17(27-4)9-16(14)26-3/h5-10H,11H2,1-4H3,(H,21,23)/b20-10-. The molecular weight excluding hydrogens is 366 g/mol. The molecule has 28 heavy (non-hydrogen) atoms. The second kappa shape index (κ2) is 9.36. The summed E-state index contributed by atoms with van der Waals surface area (Å²) >= 11 is 0. The number of nitrogens with one attached hydrogen (secondary N) is 1. The van der Waals surface area contributed by atoms with Gasteiger partial charge in [-0.2, -0.15) is 5.10 Å². The van der Waals surface area contributed by atoms with Crippen molar-refractivity contribution >= 4 is 17.8 Å². The Morgan fingerprint density at radius 2 is 1.82 bits per heavy atom. The number of methoxy groups -OCH3 is 2. The molecule has 2 aromatic rings. The molecule has 9 nitrogen and oxygen atoms in total. The van der Waals surface area contributed by atoms with E-state index in [2.05, 4.69) is 10.5 Å². The van der Waals surface area contributed by atoms with Gasteiger partial charge >= 0.3 is 5.69 Å². The second-order valence-corrected chi connectivity index (χ2v) is 5.83. The van der Waals surface area contributed by atoms with Gasteiger partial charge in [-0.15, -0.1) is 0 Å². The number of para-hydroxylation sites is 1. The first-order valence-electron chi connectivity index (χ1n) is 8.28. The van der Waals surface area contributed by atoms with Gasteiger partial charge in [-0.3, -0.25) is 14.9 Å². The zero-order chi connectivity index (χ0) is 20.7. The van der Waals surface area contributed by atoms with Crippen LogP contribution in [0, 0.1) is 24.0 Å². The van der Waals surface area contributed by atoms with Crippen molar-refractivity contribution in [2.24, 2.45) is 5.10 Å². The molecule has 0 atom stereocenters. The predicted octanol–water partition coefficient (Wildman–Crippen LogP) is 2.76. The summed E-state index contributed by atoms with van der Waals surface area (Å²) in [6.07, 6.45) is 1.25. The van der Waals surface area contributed by atoms with Crippen LogP contribution in [0.15, 0.2) is 35.4 Å². The molecule has 0 saturated carbocycles. The van der Waals surface area contributed by atoms with E-state index in [0.717, 1.165) is 11.1 Å². The molecule has 0 heterocycles. The smallest absolute Gasteiger partial charge is 0.311 e. The van der Waals surface area contributed by atoms with E-state index in [4.69, 9.17) is 14.2 Å². The first-order chi connectivity index (χ1) is 13.4. The Hall–Kier alpha value is -3.62. The summed E-state index contributed by atoms with van der Waals surface area (Å²) in [7, 11) is 2.74. The minimum atomic E-state index is -0.577. The van der Waals surface area contributed by atoms with Crippen molar-refractivity contribution in [2.45, 2.75) is 13.8 Å². The highest BCUT2D eigenvalue weighted by Gasteiger charge is 2.19. The van der Waals surface area contributed by atoms with Crippen LogP contribution in [-0.2, 0) is 4.79 Å². The van der Waals surface area contributed by atoms with E-state index in [0.29, 0.717) is 17.1 Å². The van der Waals surface area contributed by atoms with Crippen LogP contribution in [-0.4, -0.2) is 37.9 Å². The third-order valence-electron chi connectivity index (χ3n) is 3.88. The second-order valence-electron chi connectivity index (χ2n) is 5.83. The molecule has 0 aliphatic carbocycles. The minimum Gasteiger partial charge on any atom is -0.496 e. The van der Waals surface area contributed by atoms with E-state index in [-0.39, 0.29) is 18.0 Å². The average Bonchev–Trinajstić information content (AvgIpc) is 2.67. The molecule has 0 aromatic heterocycles. The number of ether oxygens (including phenoxy) is 3. The van der Waals surface area contributed by atoms with Crippen LogP contribution in [0.3, 0.4) is 0 Å². The van der Waals surface area contributed by atoms with Crippen LogP contribution < -0.4 is 19.6 Å². The quantitative estimate of drug-likeness (QED) is 0.423. The van der Waals surface area contributed by atoms with Crippen molar-refractivity contribution in [2.75, 3.05) is 20.8 Å². The third kappa shape index (κ3) is 4.97. The number of hydrogen-bond donors (Lipinski definition) is 1. The molecule has 0 aliphatic rings. The summed E-state index contributed by atoms with van der Waals surface area (Å²) < 4.78 is 15.7. The van der Waals surface area contributed by atoms with E-state index in [9.17, 15) is 14.9 Å². The molecular formula is C19H21N3O6. The van der Waals surface area contributed by atoms with Gasteiger partial charge in [0.1, 0.15) is 11.5 Å². The summed E-state index contributed by atoms with van der Waals surface area (Å²) in [6, 6.07) is 8.32. The Bertz CT molecular complexity index is 891. The molecule has 0 spiro atoms. The number of aryl methyl sites for hydroxylation is 2. The van der Waals surface area contributed by atoms with Crippen LogP contribution in [0.2, 0.25) is 0 Å². The van der Waals surface area contributed by atoms with E-state index < -0.39 is 10.8 Å². The monoisotopic (exact) mass is 387 g/mol. The molecule has 0 bridgehead atoms. The van der Waals surface area contributed by atoms with Crippen molar-refractivity contribution in [1.82, 2.24) is 5.43 Å². The number of carbonyl (C=O) groups is 1. The molecule has 1 N–H and O–H groups in total. The topological polar surface area (TPSA) is 112 Å². The number of hydrogen-bond acceptors (Lipinski definition) is 7. The lowest BCUT2D eigenvalue weighted by molar-refractivity contribution is -0.385. The number of amides is 1. The highest BCUT2D eigenvalue weighted by molar-refractivity contribution is 5.87. The maximum atomic E-state index is 11.9. The van der Waals surface area contributed by atoms with Gasteiger partial charge in [0.15, 0.2) is 6.61 Å². The van der Waals surface area contributed by atoms with Crippen LogP contribution in [0.5, 0.6) is 17.2 Å². The van der Waals surface area contributed by atoms with Gasteiger partial charge in [0.2, 0.25) is 5.75 Å². The summed E-state index contributed by atoms with van der Waals surface area (Å²) in [5.41, 5.74) is 4.23. The molecule has 2 rings (SSSR count). The van der Waals surface area contributed by atoms with Gasteiger partial charge in [-0.05, 0) is 25.0 Å². The largest absolute Gasteiger partial charge is 0.496 e. The Morgan fingerprint density at radius 3 is 2.39 bits per heavy atom. The molecule has 0 radical (unpaired) electrons. The first kappa shape index (κ1) is 20.7. The zero-order valence-corrected chi connectivity index (χ0v) is 16.0. The molecule has 0 aliphatic heterocycles. The Labute approximate surface area is 162 Å². The summed E-state index contributed by atoms with van der Waals surface area (Å²) in [5, 5.41) is 15.0. The number of carbonyl (C=O) groups excluding carboxylic acids is 1. The van der Waals surface area contributed by atoms with Crippen molar-refractivity contribution in [3.8, 4) is 17.2 Å². The number of nitro groups is 1. The molecule has 0 fully saturated rings. The number of nitrogens with zero attached hydrogens (tertiary/aromatic N) is 2. The van der Waals surface area contributed by atoms with Gasteiger partial charge in [0, 0.05) is 17.7 Å². The Balaban J connectivity index is 2.06. The molecule has 2 aromatic carbocycles. The zero-order valence-electron chi connectivity index (χ0n) is 16.0. The average molecular weight is 387 g/mol. The van der Waals surface area contributed by atoms with Gasteiger partial charge in [0.25, 0.3) is 5.91 Å². The van der Waals surface area contributed by atoms with E-state index >= 15 is 0 Å². The van der Waals surface area contributed by atoms with Crippen LogP contribution >= 0.6 is 0 Å². The summed E-state index contributed by atoms with van der Waals surface area (Å²) in [5.74, 6) is 0.548. The van der Waals surface area contributed by atoms with Gasteiger partial charge in [0.05, 0.1) is 25.4 Å². The van der Waals surface area contributed by atoms with Gasteiger partial charge in [-0.1, -0.05) is 18.2 Å². The fourth-order valence-electron chi connectivity index (χ4n) is 2.52. The van der Waals surface area contributed by atoms with E-state index in [1.54, 1.807) is 0 Å². The molecule has 0 saturated heterocycles. The van der Waals surface area contributed by atoms with E-state index in [1.807, 2.05) is 32.0 Å². The predicted molar refractivity (Wildman–Crippen MR) is 103 cm³/mol. The molecule has 148 valence electrons. The van der Waals surface area contributed by atoms with Crippen molar-refractivity contribution in [3.05, 3.63) is 57.1 Å². The van der Waals surface area contributed by atoms with Crippen LogP contribution in [0.25, 0.3) is 0 Å². The number of rotatable bonds is 8. The maximum absolute atomic E-state index is 11.9. The van der Waals surface area contributed by atoms with Gasteiger partial charge in [-0.25, -0.2) is 5.43 Å². The number of benzene rings is 2. The lowest BCUT2D eigenvalue weighted by Crippen LogP contribution is -2.25. The minimum absolute atomic E-state index is 0.0602. The molecule has 9 heteroatoms. The summed E-state index contributed by atoms with van der Waals surface area (Å²) in [4.78, 5) is 22.5. The number of hydrazone groups is 1. The van der Waals surface area contributed by atoms with Crippen LogP contribution in [0.1, 0.15) is 16.7 Å². The van der Waals surface area contributed by atoms with Gasteiger partial charge < -0.3 is 14.2 Å². The Kier molecular flexibility index (Phi) is 6.91. The van der Waals surface area contributed by atoms with Crippen molar-refractivity contribution in [3.63, 3.8) is 0 Å². The van der Waals surface area contributed by atoms with E-state index in [1.165, 1.54) is 32.6 Å². The number of nitro benzene ring substituents is 1. The Morgan fingerprint density at radius 1 is 1.18 bits per heavy atom.